The molecule has 152 valence electrons. The summed E-state index contributed by atoms with van der Waals surface area (Å²) < 4.78 is 18.5. The van der Waals surface area contributed by atoms with E-state index in [4.69, 9.17) is 4.74 Å². The lowest BCUT2D eigenvalue weighted by atomic mass is 10.2. The standard InChI is InChI=1S/C20H26FN5O.HI/c1-22-20(25(2)15-16-5-7-18(21)8-6-16)24-14-17-4-3-9-23-19(17)26-10-12-27-13-11-26;/h3-9H,10-15H2,1-2H3,(H,22,24);1H. The number of nitrogens with zero attached hydrogens (tertiary/aromatic N) is 4. The van der Waals surface area contributed by atoms with Gasteiger partial charge in [-0.2, -0.15) is 0 Å². The number of morpholine rings is 1. The van der Waals surface area contributed by atoms with Crippen molar-refractivity contribution in [1.29, 1.82) is 0 Å². The Balaban J connectivity index is 0.00000280. The molecule has 0 bridgehead atoms. The quantitative estimate of drug-likeness (QED) is 0.390. The Kier molecular flexibility index (Phi) is 8.91. The molecular formula is C20H27FIN5O. The van der Waals surface area contributed by atoms with Crippen molar-refractivity contribution >= 4 is 35.8 Å². The van der Waals surface area contributed by atoms with Gasteiger partial charge in [-0.25, -0.2) is 9.37 Å². The number of aromatic nitrogens is 1. The van der Waals surface area contributed by atoms with Crippen LogP contribution in [0.5, 0.6) is 0 Å². The number of ether oxygens (including phenoxy) is 1. The van der Waals surface area contributed by atoms with Crippen molar-refractivity contribution in [3.63, 3.8) is 0 Å². The van der Waals surface area contributed by atoms with E-state index < -0.39 is 0 Å². The molecule has 0 saturated carbocycles. The van der Waals surface area contributed by atoms with Crippen LogP contribution >= 0.6 is 24.0 Å². The van der Waals surface area contributed by atoms with Crippen molar-refractivity contribution in [2.75, 3.05) is 45.3 Å². The fraction of sp³-hybridized carbons (Fsp3) is 0.400. The van der Waals surface area contributed by atoms with Gasteiger partial charge in [-0.1, -0.05) is 18.2 Å². The van der Waals surface area contributed by atoms with Crippen LogP contribution in [0.1, 0.15) is 11.1 Å². The van der Waals surface area contributed by atoms with Crippen LogP contribution in [0, 0.1) is 5.82 Å². The first-order valence-corrected chi connectivity index (χ1v) is 9.10. The first kappa shape index (κ1) is 22.4. The molecule has 1 fully saturated rings. The zero-order valence-electron chi connectivity index (χ0n) is 16.3. The number of anilines is 1. The molecule has 0 unspecified atom stereocenters. The highest BCUT2D eigenvalue weighted by molar-refractivity contribution is 14.0. The summed E-state index contributed by atoms with van der Waals surface area (Å²) in [5.41, 5.74) is 2.15. The number of nitrogens with one attached hydrogen (secondary N) is 1. The zero-order valence-corrected chi connectivity index (χ0v) is 18.6. The monoisotopic (exact) mass is 499 g/mol. The number of benzene rings is 1. The molecule has 0 radical (unpaired) electrons. The second-order valence-electron chi connectivity index (χ2n) is 6.47. The average Bonchev–Trinajstić information content (AvgIpc) is 2.71. The topological polar surface area (TPSA) is 53.0 Å². The van der Waals surface area contributed by atoms with Crippen LogP contribution < -0.4 is 10.2 Å². The van der Waals surface area contributed by atoms with Crippen LogP contribution in [-0.4, -0.2) is 56.2 Å². The Labute approximate surface area is 182 Å². The van der Waals surface area contributed by atoms with Crippen molar-refractivity contribution in [3.8, 4) is 0 Å². The molecule has 6 nitrogen and oxygen atoms in total. The number of guanidine groups is 1. The highest BCUT2D eigenvalue weighted by atomic mass is 127. The highest BCUT2D eigenvalue weighted by Crippen LogP contribution is 2.18. The smallest absolute Gasteiger partial charge is 0.193 e. The average molecular weight is 499 g/mol. The van der Waals surface area contributed by atoms with Gasteiger partial charge in [0.1, 0.15) is 11.6 Å². The Hall–Kier alpha value is -1.94. The summed E-state index contributed by atoms with van der Waals surface area (Å²) in [7, 11) is 3.72. The van der Waals surface area contributed by atoms with Gasteiger partial charge in [0.05, 0.1) is 13.2 Å². The van der Waals surface area contributed by atoms with E-state index in [-0.39, 0.29) is 29.8 Å². The lowest BCUT2D eigenvalue weighted by molar-refractivity contribution is 0.122. The van der Waals surface area contributed by atoms with Gasteiger partial charge in [-0.15, -0.1) is 24.0 Å². The summed E-state index contributed by atoms with van der Waals surface area (Å²) in [5.74, 6) is 1.54. The SMILES string of the molecule is CN=C(NCc1cccnc1N1CCOCC1)N(C)Cc1ccc(F)cc1.I. The molecule has 0 aliphatic carbocycles. The van der Waals surface area contributed by atoms with Gasteiger partial charge < -0.3 is 19.9 Å². The van der Waals surface area contributed by atoms with Gasteiger partial charge >= 0.3 is 0 Å². The van der Waals surface area contributed by atoms with Crippen LogP contribution in [0.15, 0.2) is 47.6 Å². The molecule has 2 heterocycles. The van der Waals surface area contributed by atoms with Gasteiger partial charge in [-0.05, 0) is 23.8 Å². The fourth-order valence-electron chi connectivity index (χ4n) is 3.13. The van der Waals surface area contributed by atoms with Crippen LogP contribution in [-0.2, 0) is 17.8 Å². The molecule has 1 aromatic heterocycles. The summed E-state index contributed by atoms with van der Waals surface area (Å²) in [6.07, 6.45) is 1.82. The molecule has 0 atom stereocenters. The molecule has 8 heteroatoms. The largest absolute Gasteiger partial charge is 0.378 e. The van der Waals surface area contributed by atoms with Crippen LogP contribution in [0.2, 0.25) is 0 Å². The molecular weight excluding hydrogens is 472 g/mol. The van der Waals surface area contributed by atoms with E-state index in [0.717, 1.165) is 49.2 Å². The minimum Gasteiger partial charge on any atom is -0.378 e. The first-order chi connectivity index (χ1) is 13.2. The van der Waals surface area contributed by atoms with E-state index in [1.807, 2.05) is 24.2 Å². The van der Waals surface area contributed by atoms with Crippen molar-refractivity contribution in [2.24, 2.45) is 4.99 Å². The lowest BCUT2D eigenvalue weighted by Gasteiger charge is -2.30. The van der Waals surface area contributed by atoms with Crippen molar-refractivity contribution < 1.29 is 9.13 Å². The number of pyridine rings is 1. The molecule has 1 saturated heterocycles. The molecule has 0 amide bonds. The van der Waals surface area contributed by atoms with E-state index >= 15 is 0 Å². The highest BCUT2D eigenvalue weighted by Gasteiger charge is 2.16. The van der Waals surface area contributed by atoms with Crippen LogP contribution in [0.4, 0.5) is 10.2 Å². The Bertz CT molecular complexity index is 765. The maximum absolute atomic E-state index is 13.1. The Morgan fingerprint density at radius 1 is 1.25 bits per heavy atom. The lowest BCUT2D eigenvalue weighted by Crippen LogP contribution is -2.40. The third-order valence-corrected chi connectivity index (χ3v) is 4.52. The number of aliphatic imine (C=N–C) groups is 1. The minimum absolute atomic E-state index is 0. The molecule has 28 heavy (non-hydrogen) atoms. The maximum atomic E-state index is 13.1. The minimum atomic E-state index is -0.226. The summed E-state index contributed by atoms with van der Waals surface area (Å²) in [5, 5.41) is 3.40. The predicted octanol–water partition coefficient (Wildman–Crippen LogP) is 2.88. The predicted molar refractivity (Wildman–Crippen MR) is 121 cm³/mol. The summed E-state index contributed by atoms with van der Waals surface area (Å²) in [4.78, 5) is 13.2. The van der Waals surface area contributed by atoms with Crippen molar-refractivity contribution in [2.45, 2.75) is 13.1 Å². The van der Waals surface area contributed by atoms with Gasteiger partial charge in [0.25, 0.3) is 0 Å². The first-order valence-electron chi connectivity index (χ1n) is 9.10. The van der Waals surface area contributed by atoms with Gasteiger partial charge in [0.2, 0.25) is 0 Å². The second-order valence-corrected chi connectivity index (χ2v) is 6.47. The number of hydrogen-bond donors (Lipinski definition) is 1. The number of rotatable bonds is 5. The fourth-order valence-corrected chi connectivity index (χ4v) is 3.13. The van der Waals surface area contributed by atoms with Gasteiger partial charge in [0, 0.05) is 52.0 Å². The molecule has 1 aromatic carbocycles. The maximum Gasteiger partial charge on any atom is 0.193 e. The van der Waals surface area contributed by atoms with Crippen LogP contribution in [0.25, 0.3) is 0 Å². The van der Waals surface area contributed by atoms with Gasteiger partial charge in [0.15, 0.2) is 5.96 Å². The second kappa shape index (κ2) is 11.2. The number of halogens is 2. The van der Waals surface area contributed by atoms with Crippen molar-refractivity contribution in [1.82, 2.24) is 15.2 Å². The third kappa shape index (κ3) is 6.03. The van der Waals surface area contributed by atoms with Crippen molar-refractivity contribution in [3.05, 3.63) is 59.5 Å². The summed E-state index contributed by atoms with van der Waals surface area (Å²) in [6, 6.07) is 10.6. The molecule has 0 spiro atoms. The molecule has 3 rings (SSSR count). The molecule has 1 aliphatic rings. The Morgan fingerprint density at radius 2 is 1.96 bits per heavy atom. The third-order valence-electron chi connectivity index (χ3n) is 4.52. The summed E-state index contributed by atoms with van der Waals surface area (Å²) in [6.45, 7) is 4.42. The van der Waals surface area contributed by atoms with E-state index in [0.29, 0.717) is 13.1 Å². The van der Waals surface area contributed by atoms with E-state index in [9.17, 15) is 4.39 Å². The summed E-state index contributed by atoms with van der Waals surface area (Å²) >= 11 is 0. The molecule has 2 aromatic rings. The van der Waals surface area contributed by atoms with E-state index in [1.165, 1.54) is 12.1 Å². The van der Waals surface area contributed by atoms with E-state index in [1.54, 1.807) is 19.2 Å². The zero-order chi connectivity index (χ0) is 19.1. The Morgan fingerprint density at radius 3 is 2.64 bits per heavy atom. The van der Waals surface area contributed by atoms with Crippen LogP contribution in [0.3, 0.4) is 0 Å². The normalized spacial score (nSPS) is 14.4. The molecule has 1 N–H and O–H groups in total. The van der Waals surface area contributed by atoms with Gasteiger partial charge in [-0.3, -0.25) is 4.99 Å². The number of hydrogen-bond acceptors (Lipinski definition) is 4. The molecule has 1 aliphatic heterocycles. The van der Waals surface area contributed by atoms with E-state index in [2.05, 4.69) is 26.3 Å².